The van der Waals surface area contributed by atoms with E-state index in [1.54, 1.807) is 0 Å². The van der Waals surface area contributed by atoms with E-state index in [2.05, 4.69) is 14.0 Å². The average Bonchev–Trinajstić information content (AvgIpc) is 2.41. The molecule has 0 aliphatic carbocycles. The number of rotatable bonds is 2. The minimum atomic E-state index is 0.782. The number of hydrogen-bond donors (Lipinski definition) is 2. The lowest BCUT2D eigenvalue weighted by Crippen LogP contribution is -1.85. The second-order valence-corrected chi connectivity index (χ2v) is 4.03. The van der Waals surface area contributed by atoms with Gasteiger partial charge in [-0.1, -0.05) is 24.3 Å². The molecule has 0 aliphatic heterocycles. The van der Waals surface area contributed by atoms with Crippen LogP contribution in [0.3, 0.4) is 0 Å². The van der Waals surface area contributed by atoms with Gasteiger partial charge in [-0.05, 0) is 42.3 Å². The van der Waals surface area contributed by atoms with E-state index in [4.69, 9.17) is 11.5 Å². The molecule has 2 aromatic rings. The van der Waals surface area contributed by atoms with Gasteiger partial charge in [0.25, 0.3) is 0 Å². The molecular formula is C14H19N2OP. The largest absolute Gasteiger partial charge is 0.399 e. The quantitative estimate of drug-likeness (QED) is 0.644. The predicted octanol–water partition coefficient (Wildman–Crippen LogP) is 3.33. The van der Waals surface area contributed by atoms with Crippen molar-refractivity contribution in [1.82, 2.24) is 0 Å². The van der Waals surface area contributed by atoms with Crippen LogP contribution in [0.25, 0.3) is 11.1 Å². The number of benzene rings is 2. The molecule has 4 N–H and O–H groups in total. The Bertz CT molecular complexity index is 409. The molecule has 0 heterocycles. The van der Waals surface area contributed by atoms with E-state index >= 15 is 0 Å². The van der Waals surface area contributed by atoms with Gasteiger partial charge in [0.1, 0.15) is 0 Å². The van der Waals surface area contributed by atoms with Gasteiger partial charge in [-0.3, -0.25) is 0 Å². The summed E-state index contributed by atoms with van der Waals surface area (Å²) >= 11 is 0. The van der Waals surface area contributed by atoms with Crippen molar-refractivity contribution in [1.29, 1.82) is 0 Å². The number of nitrogens with two attached hydrogens (primary N) is 2. The molecule has 4 heteroatoms. The Labute approximate surface area is 110 Å². The van der Waals surface area contributed by atoms with Gasteiger partial charge in [0.2, 0.25) is 0 Å². The summed E-state index contributed by atoms with van der Waals surface area (Å²) in [6, 6.07) is 15.6. The molecule has 0 aromatic heterocycles. The maximum Gasteiger partial charge on any atom is 0.0473 e. The van der Waals surface area contributed by atoms with Gasteiger partial charge in [0, 0.05) is 27.4 Å². The first-order valence-electron chi connectivity index (χ1n) is 5.70. The summed E-state index contributed by atoms with van der Waals surface area (Å²) in [5, 5.41) is 0. The second kappa shape index (κ2) is 7.70. The first-order valence-corrected chi connectivity index (χ1v) is 6.17. The maximum absolute atomic E-state index is 5.61. The maximum atomic E-state index is 5.61. The molecule has 96 valence electrons. The van der Waals surface area contributed by atoms with E-state index in [1.807, 2.05) is 55.5 Å². The zero-order valence-electron chi connectivity index (χ0n) is 10.5. The van der Waals surface area contributed by atoms with Crippen LogP contribution in [0, 0.1) is 0 Å². The topological polar surface area (TPSA) is 61.3 Å². The molecule has 1 unspecified atom stereocenters. The number of nitrogen functional groups attached to an aromatic ring is 2. The summed E-state index contributed by atoms with van der Waals surface area (Å²) in [7, 11) is 2.16. The minimum absolute atomic E-state index is 0.782. The van der Waals surface area contributed by atoms with E-state index in [1.165, 1.54) is 0 Å². The molecule has 1 atom stereocenters. The van der Waals surface area contributed by atoms with Gasteiger partial charge in [0.15, 0.2) is 0 Å². The van der Waals surface area contributed by atoms with Crippen LogP contribution in [0.2, 0.25) is 0 Å². The lowest BCUT2D eigenvalue weighted by Gasteiger charge is -2.02. The number of anilines is 2. The van der Waals surface area contributed by atoms with E-state index in [0.717, 1.165) is 29.1 Å². The Kier molecular flexibility index (Phi) is 6.20. The zero-order chi connectivity index (χ0) is 13.4. The monoisotopic (exact) mass is 262 g/mol. The molecule has 0 radical (unpaired) electrons. The van der Waals surface area contributed by atoms with Gasteiger partial charge in [0.05, 0.1) is 0 Å². The average molecular weight is 262 g/mol. The molecule has 0 saturated heterocycles. The summed E-state index contributed by atoms with van der Waals surface area (Å²) in [6.07, 6.45) is 0. The Morgan fingerprint density at radius 2 is 1.11 bits per heavy atom. The normalized spacial score (nSPS) is 9.44. The Hall–Kier alpha value is -1.57. The van der Waals surface area contributed by atoms with Crippen LogP contribution in [-0.2, 0) is 4.52 Å². The van der Waals surface area contributed by atoms with Crippen LogP contribution >= 0.6 is 9.47 Å². The van der Waals surface area contributed by atoms with Crippen LogP contribution in [0.15, 0.2) is 48.5 Å². The number of hydrogen-bond acceptors (Lipinski definition) is 3. The Morgan fingerprint density at radius 3 is 1.33 bits per heavy atom. The van der Waals surface area contributed by atoms with Gasteiger partial charge in [-0.15, -0.1) is 0 Å². The highest BCUT2D eigenvalue weighted by Crippen LogP contribution is 2.21. The lowest BCUT2D eigenvalue weighted by atomic mass is 10.1. The van der Waals surface area contributed by atoms with Crippen LogP contribution in [0.1, 0.15) is 6.92 Å². The lowest BCUT2D eigenvalue weighted by molar-refractivity contribution is 0.400. The van der Waals surface area contributed by atoms with E-state index in [0.29, 0.717) is 0 Å². The highest BCUT2D eigenvalue weighted by Gasteiger charge is 1.95. The van der Waals surface area contributed by atoms with Crippen molar-refractivity contribution < 1.29 is 4.52 Å². The Morgan fingerprint density at radius 1 is 0.833 bits per heavy atom. The summed E-state index contributed by atoms with van der Waals surface area (Å²) in [5.74, 6) is 0. The highest BCUT2D eigenvalue weighted by atomic mass is 31.0. The second-order valence-electron chi connectivity index (χ2n) is 3.70. The van der Waals surface area contributed by atoms with Crippen LogP contribution in [0.5, 0.6) is 0 Å². The first kappa shape index (κ1) is 14.5. The third kappa shape index (κ3) is 4.74. The summed E-state index contributed by atoms with van der Waals surface area (Å²) in [6.45, 7) is 2.72. The van der Waals surface area contributed by atoms with Crippen molar-refractivity contribution in [3.63, 3.8) is 0 Å². The fraction of sp³-hybridized carbons (Fsp3) is 0.143. The Balaban J connectivity index is 0.000000357. The first-order chi connectivity index (χ1) is 8.67. The van der Waals surface area contributed by atoms with Crippen molar-refractivity contribution in [2.45, 2.75) is 6.92 Å². The molecule has 3 nitrogen and oxygen atoms in total. The van der Waals surface area contributed by atoms with Gasteiger partial charge in [-0.25, -0.2) is 0 Å². The van der Waals surface area contributed by atoms with Crippen molar-refractivity contribution in [3.05, 3.63) is 48.5 Å². The molecule has 18 heavy (non-hydrogen) atoms. The van der Waals surface area contributed by atoms with Crippen LogP contribution in [0.4, 0.5) is 11.4 Å². The van der Waals surface area contributed by atoms with Crippen LogP contribution in [-0.4, -0.2) is 6.61 Å². The molecular weight excluding hydrogens is 243 g/mol. The third-order valence-electron chi connectivity index (χ3n) is 2.32. The summed E-state index contributed by atoms with van der Waals surface area (Å²) in [4.78, 5) is 0. The molecule has 0 spiro atoms. The zero-order valence-corrected chi connectivity index (χ0v) is 11.6. The molecule has 2 aromatic carbocycles. The van der Waals surface area contributed by atoms with E-state index in [9.17, 15) is 0 Å². The van der Waals surface area contributed by atoms with E-state index < -0.39 is 0 Å². The predicted molar refractivity (Wildman–Crippen MR) is 82.0 cm³/mol. The molecule has 0 saturated carbocycles. The summed E-state index contributed by atoms with van der Waals surface area (Å²) < 4.78 is 4.46. The van der Waals surface area contributed by atoms with Crippen molar-refractivity contribution in [2.24, 2.45) is 0 Å². The van der Waals surface area contributed by atoms with E-state index in [-0.39, 0.29) is 0 Å². The standard InChI is InChI=1S/C12H12N2.C2H7OP/c13-11-5-1-9(2-6-11)10-3-7-12(14)8-4-10;1-2-3-4/h1-8H,13-14H2;2,4H2,1H3. The fourth-order valence-corrected chi connectivity index (χ4v) is 1.35. The van der Waals surface area contributed by atoms with Gasteiger partial charge in [-0.2, -0.15) is 0 Å². The molecule has 0 bridgehead atoms. The smallest absolute Gasteiger partial charge is 0.0473 e. The molecule has 0 aliphatic rings. The van der Waals surface area contributed by atoms with Gasteiger partial charge < -0.3 is 16.0 Å². The highest BCUT2D eigenvalue weighted by molar-refractivity contribution is 7.09. The van der Waals surface area contributed by atoms with Crippen molar-refractivity contribution >= 4 is 20.8 Å². The SMILES string of the molecule is CCOP.Nc1ccc(-c2ccc(N)cc2)cc1. The fourth-order valence-electron chi connectivity index (χ4n) is 1.35. The third-order valence-corrected chi connectivity index (χ3v) is 2.65. The summed E-state index contributed by atoms with van der Waals surface area (Å²) in [5.41, 5.74) is 15.1. The van der Waals surface area contributed by atoms with Crippen LogP contribution < -0.4 is 11.5 Å². The molecule has 0 amide bonds. The van der Waals surface area contributed by atoms with Crippen molar-refractivity contribution in [3.8, 4) is 11.1 Å². The minimum Gasteiger partial charge on any atom is -0.399 e. The van der Waals surface area contributed by atoms with Gasteiger partial charge >= 0.3 is 0 Å². The van der Waals surface area contributed by atoms with Crippen molar-refractivity contribution in [2.75, 3.05) is 18.1 Å². The molecule has 2 rings (SSSR count). The molecule has 0 fully saturated rings.